The number of carbonyl (C=O) groups excluding carboxylic acids is 1. The van der Waals surface area contributed by atoms with Gasteiger partial charge in [-0.15, -0.1) is 0 Å². The highest BCUT2D eigenvalue weighted by Gasteiger charge is 2.05. The van der Waals surface area contributed by atoms with E-state index in [1.54, 1.807) is 6.08 Å². The zero-order valence-electron chi connectivity index (χ0n) is 11.6. The van der Waals surface area contributed by atoms with Crippen molar-refractivity contribution in [2.75, 3.05) is 0 Å². The Bertz CT molecular complexity index is 342. The number of rotatable bonds is 0. The predicted octanol–water partition coefficient (Wildman–Crippen LogP) is 3.30. The van der Waals surface area contributed by atoms with Gasteiger partial charge in [-0.05, 0) is 32.6 Å². The molecule has 0 aromatic rings. The Labute approximate surface area is 115 Å². The molecule has 0 aromatic carbocycles. The van der Waals surface area contributed by atoms with E-state index in [1.165, 1.54) is 6.08 Å². The molecule has 2 unspecified atom stereocenters. The predicted molar refractivity (Wildman–Crippen MR) is 76.7 cm³/mol. The Morgan fingerprint density at radius 2 is 1.95 bits per heavy atom. The summed E-state index contributed by atoms with van der Waals surface area (Å²) in [5, 5.41) is 9.73. The summed E-state index contributed by atoms with van der Waals surface area (Å²) in [6, 6.07) is 0. The molecule has 1 heterocycles. The van der Waals surface area contributed by atoms with Crippen molar-refractivity contribution in [3.05, 3.63) is 36.5 Å². The van der Waals surface area contributed by atoms with Gasteiger partial charge in [0.05, 0.1) is 6.10 Å². The molecule has 1 aliphatic rings. The number of carbonyl (C=O) groups is 1. The second-order valence-corrected chi connectivity index (χ2v) is 4.92. The largest absolute Gasteiger partial charge is 0.459 e. The van der Waals surface area contributed by atoms with Crippen molar-refractivity contribution in [2.45, 2.75) is 57.7 Å². The van der Waals surface area contributed by atoms with Gasteiger partial charge in [-0.3, -0.25) is 0 Å². The molecule has 0 bridgehead atoms. The smallest absolute Gasteiger partial charge is 0.330 e. The standard InChI is InChI=1S/C16H24O3/c1-14-10-7-5-3-2-4-6-8-11-15(17)12-9-13-16(18)19-14/h2-3,5,7,9,13-15,17H,4,6,8,10-12H2,1H3/b3-2-,7-5+,13-9+. The third kappa shape index (κ3) is 8.38. The van der Waals surface area contributed by atoms with Gasteiger partial charge in [0.2, 0.25) is 0 Å². The first-order valence-electron chi connectivity index (χ1n) is 7.05. The van der Waals surface area contributed by atoms with Crippen LogP contribution in [0, 0.1) is 0 Å². The molecule has 0 fully saturated rings. The summed E-state index contributed by atoms with van der Waals surface area (Å²) in [7, 11) is 0. The Kier molecular flexibility index (Phi) is 7.91. The van der Waals surface area contributed by atoms with Crippen LogP contribution < -0.4 is 0 Å². The van der Waals surface area contributed by atoms with Gasteiger partial charge in [0.1, 0.15) is 6.10 Å². The van der Waals surface area contributed by atoms with E-state index in [9.17, 15) is 9.90 Å². The number of cyclic esters (lactones) is 1. The van der Waals surface area contributed by atoms with Crippen LogP contribution in [0.5, 0.6) is 0 Å². The molecule has 2 atom stereocenters. The maximum absolute atomic E-state index is 11.5. The van der Waals surface area contributed by atoms with E-state index in [1.807, 2.05) is 25.2 Å². The molecule has 0 saturated heterocycles. The molecule has 3 nitrogen and oxygen atoms in total. The van der Waals surface area contributed by atoms with Gasteiger partial charge in [0, 0.05) is 12.5 Å². The lowest BCUT2D eigenvalue weighted by molar-refractivity contribution is -0.141. The van der Waals surface area contributed by atoms with Crippen LogP contribution in [0.1, 0.15) is 45.4 Å². The monoisotopic (exact) mass is 264 g/mol. The van der Waals surface area contributed by atoms with Gasteiger partial charge in [-0.25, -0.2) is 4.79 Å². The number of esters is 1. The van der Waals surface area contributed by atoms with Crippen LogP contribution in [-0.2, 0) is 9.53 Å². The highest BCUT2D eigenvalue weighted by atomic mass is 16.5. The molecule has 1 aliphatic heterocycles. The first-order valence-corrected chi connectivity index (χ1v) is 7.05. The summed E-state index contributed by atoms with van der Waals surface area (Å²) in [5.41, 5.74) is 0. The summed E-state index contributed by atoms with van der Waals surface area (Å²) < 4.78 is 5.20. The molecule has 0 radical (unpaired) electrons. The molecule has 106 valence electrons. The molecule has 19 heavy (non-hydrogen) atoms. The Balaban J connectivity index is 2.52. The number of ether oxygens (including phenoxy) is 1. The molecule has 0 amide bonds. The van der Waals surface area contributed by atoms with Gasteiger partial charge in [0.25, 0.3) is 0 Å². The van der Waals surface area contributed by atoms with Crippen molar-refractivity contribution in [3.8, 4) is 0 Å². The van der Waals surface area contributed by atoms with Crippen LogP contribution >= 0.6 is 0 Å². The SMILES string of the molecule is CC1C/C=C/C=C\CCCCC(O)C/C=C/C(=O)O1. The van der Waals surface area contributed by atoms with Gasteiger partial charge < -0.3 is 9.84 Å². The summed E-state index contributed by atoms with van der Waals surface area (Å²) >= 11 is 0. The van der Waals surface area contributed by atoms with Crippen LogP contribution in [0.3, 0.4) is 0 Å². The number of allylic oxidation sites excluding steroid dienone is 3. The third-order valence-corrected chi connectivity index (χ3v) is 2.99. The average Bonchev–Trinajstić information content (AvgIpc) is 2.35. The number of hydrogen-bond donors (Lipinski definition) is 1. The zero-order chi connectivity index (χ0) is 13.9. The summed E-state index contributed by atoms with van der Waals surface area (Å²) in [5.74, 6) is -0.337. The second-order valence-electron chi connectivity index (χ2n) is 4.92. The molecule has 1 N–H and O–H groups in total. The number of aliphatic hydroxyl groups is 1. The normalized spacial score (nSPS) is 32.2. The fraction of sp³-hybridized carbons (Fsp3) is 0.562. The summed E-state index contributed by atoms with van der Waals surface area (Å²) in [4.78, 5) is 11.5. The van der Waals surface area contributed by atoms with Gasteiger partial charge in [-0.2, -0.15) is 0 Å². The molecular weight excluding hydrogens is 240 g/mol. The maximum Gasteiger partial charge on any atom is 0.330 e. The lowest BCUT2D eigenvalue weighted by Gasteiger charge is -2.09. The quantitative estimate of drug-likeness (QED) is 0.683. The molecule has 3 heteroatoms. The van der Waals surface area contributed by atoms with E-state index < -0.39 is 0 Å². The number of hydrogen-bond acceptors (Lipinski definition) is 3. The number of aliphatic hydroxyl groups excluding tert-OH is 1. The second kappa shape index (κ2) is 9.56. The zero-order valence-corrected chi connectivity index (χ0v) is 11.6. The van der Waals surface area contributed by atoms with Crippen molar-refractivity contribution < 1.29 is 14.6 Å². The van der Waals surface area contributed by atoms with Gasteiger partial charge >= 0.3 is 5.97 Å². The van der Waals surface area contributed by atoms with E-state index in [2.05, 4.69) is 6.08 Å². The minimum atomic E-state index is -0.363. The van der Waals surface area contributed by atoms with Crippen molar-refractivity contribution in [1.29, 1.82) is 0 Å². The minimum absolute atomic E-state index is 0.125. The highest BCUT2D eigenvalue weighted by Crippen LogP contribution is 2.08. The Hall–Kier alpha value is -1.35. The van der Waals surface area contributed by atoms with Gasteiger partial charge in [-0.1, -0.05) is 36.8 Å². The molecule has 0 aliphatic carbocycles. The van der Waals surface area contributed by atoms with Crippen LogP contribution in [-0.4, -0.2) is 23.3 Å². The van der Waals surface area contributed by atoms with E-state index in [4.69, 9.17) is 4.74 Å². The molecule has 0 saturated carbocycles. The first kappa shape index (κ1) is 15.7. The maximum atomic E-state index is 11.5. The van der Waals surface area contributed by atoms with Crippen molar-refractivity contribution in [1.82, 2.24) is 0 Å². The van der Waals surface area contributed by atoms with Gasteiger partial charge in [0.15, 0.2) is 0 Å². The Morgan fingerprint density at radius 1 is 1.16 bits per heavy atom. The van der Waals surface area contributed by atoms with Crippen LogP contribution in [0.15, 0.2) is 36.5 Å². The molecular formula is C16H24O3. The molecule has 1 rings (SSSR count). The Morgan fingerprint density at radius 3 is 2.79 bits per heavy atom. The lowest BCUT2D eigenvalue weighted by Crippen LogP contribution is -2.12. The third-order valence-electron chi connectivity index (χ3n) is 2.99. The first-order chi connectivity index (χ1) is 9.18. The topological polar surface area (TPSA) is 46.5 Å². The average molecular weight is 264 g/mol. The molecule has 0 spiro atoms. The minimum Gasteiger partial charge on any atom is -0.459 e. The van der Waals surface area contributed by atoms with Crippen molar-refractivity contribution >= 4 is 5.97 Å². The van der Waals surface area contributed by atoms with E-state index >= 15 is 0 Å². The van der Waals surface area contributed by atoms with E-state index in [0.29, 0.717) is 12.8 Å². The summed E-state index contributed by atoms with van der Waals surface area (Å²) in [6.45, 7) is 1.87. The fourth-order valence-corrected chi connectivity index (χ4v) is 1.89. The van der Waals surface area contributed by atoms with Crippen LogP contribution in [0.2, 0.25) is 0 Å². The fourth-order valence-electron chi connectivity index (χ4n) is 1.89. The van der Waals surface area contributed by atoms with E-state index in [-0.39, 0.29) is 18.2 Å². The summed E-state index contributed by atoms with van der Waals surface area (Å²) in [6.07, 6.45) is 15.9. The molecule has 0 aromatic heterocycles. The van der Waals surface area contributed by atoms with Crippen molar-refractivity contribution in [3.63, 3.8) is 0 Å². The van der Waals surface area contributed by atoms with Crippen LogP contribution in [0.25, 0.3) is 0 Å². The van der Waals surface area contributed by atoms with Crippen molar-refractivity contribution in [2.24, 2.45) is 0 Å². The lowest BCUT2D eigenvalue weighted by atomic mass is 10.1. The highest BCUT2D eigenvalue weighted by molar-refractivity contribution is 5.82. The van der Waals surface area contributed by atoms with Crippen LogP contribution in [0.4, 0.5) is 0 Å². The van der Waals surface area contributed by atoms with E-state index in [0.717, 1.165) is 25.7 Å².